The number of hydrogen-bond donors (Lipinski definition) is 1. The van der Waals surface area contributed by atoms with E-state index in [2.05, 4.69) is 20.7 Å². The van der Waals surface area contributed by atoms with E-state index in [4.69, 9.17) is 4.74 Å². The fraction of sp³-hybridized carbons (Fsp3) is 0.429. The molecule has 0 aromatic carbocycles. The van der Waals surface area contributed by atoms with Gasteiger partial charge in [0.05, 0.1) is 12.3 Å². The summed E-state index contributed by atoms with van der Waals surface area (Å²) in [5, 5.41) is 10.1. The highest BCUT2D eigenvalue weighted by Gasteiger charge is 2.25. The fourth-order valence-corrected chi connectivity index (χ4v) is 2.49. The number of aromatic nitrogens is 4. The van der Waals surface area contributed by atoms with Crippen molar-refractivity contribution in [2.75, 3.05) is 18.2 Å². The molecule has 0 saturated heterocycles. The molecule has 116 valence electrons. The van der Waals surface area contributed by atoms with E-state index in [1.807, 2.05) is 19.2 Å². The second kappa shape index (κ2) is 5.72. The lowest BCUT2D eigenvalue weighted by atomic mass is 10.1. The van der Waals surface area contributed by atoms with Crippen molar-refractivity contribution in [1.82, 2.24) is 25.4 Å². The molecule has 0 atom stereocenters. The highest BCUT2D eigenvalue weighted by Crippen LogP contribution is 2.28. The Hall–Kier alpha value is -2.48. The molecular formula is C14H18N6O2. The van der Waals surface area contributed by atoms with E-state index in [1.54, 1.807) is 23.5 Å². The maximum atomic E-state index is 12.3. The van der Waals surface area contributed by atoms with Crippen LogP contribution in [0.4, 0.5) is 5.82 Å². The summed E-state index contributed by atoms with van der Waals surface area (Å²) in [7, 11) is 0. The Kier molecular flexibility index (Phi) is 3.76. The predicted molar refractivity (Wildman–Crippen MR) is 81.3 cm³/mol. The molecule has 0 fully saturated rings. The zero-order valence-corrected chi connectivity index (χ0v) is 12.8. The van der Waals surface area contributed by atoms with E-state index >= 15 is 0 Å². The van der Waals surface area contributed by atoms with Crippen LogP contribution in [0.1, 0.15) is 29.9 Å². The molecule has 3 rings (SSSR count). The first-order chi connectivity index (χ1) is 10.7. The van der Waals surface area contributed by atoms with Gasteiger partial charge in [0, 0.05) is 19.3 Å². The van der Waals surface area contributed by atoms with Crippen LogP contribution in [0.25, 0.3) is 11.0 Å². The highest BCUT2D eigenvalue weighted by molar-refractivity contribution is 6.05. The lowest BCUT2D eigenvalue weighted by Crippen LogP contribution is -2.29. The molecule has 2 aromatic rings. The molecule has 0 radical (unpaired) electrons. The van der Waals surface area contributed by atoms with Gasteiger partial charge in [-0.25, -0.2) is 19.9 Å². The van der Waals surface area contributed by atoms with Gasteiger partial charge >= 0.3 is 5.97 Å². The Morgan fingerprint density at radius 3 is 2.91 bits per heavy atom. The van der Waals surface area contributed by atoms with Gasteiger partial charge in [-0.1, -0.05) is 11.3 Å². The number of ether oxygens (including phenoxy) is 1. The third-order valence-electron chi connectivity index (χ3n) is 3.46. The lowest BCUT2D eigenvalue weighted by Gasteiger charge is -2.17. The maximum Gasteiger partial charge on any atom is 0.342 e. The van der Waals surface area contributed by atoms with Crippen molar-refractivity contribution < 1.29 is 9.53 Å². The molecule has 8 nitrogen and oxygen atoms in total. The van der Waals surface area contributed by atoms with Gasteiger partial charge in [-0.05, 0) is 20.8 Å². The molecule has 1 N–H and O–H groups in total. The summed E-state index contributed by atoms with van der Waals surface area (Å²) in [6, 6.07) is 0. The Morgan fingerprint density at radius 2 is 2.27 bits per heavy atom. The first-order valence-corrected chi connectivity index (χ1v) is 7.27. The van der Waals surface area contributed by atoms with Gasteiger partial charge in [0.2, 0.25) is 0 Å². The van der Waals surface area contributed by atoms with Crippen molar-refractivity contribution in [3.05, 3.63) is 23.5 Å². The molecule has 1 aliphatic rings. The Balaban J connectivity index is 2.25. The van der Waals surface area contributed by atoms with Crippen LogP contribution in [-0.4, -0.2) is 39.1 Å². The van der Waals surface area contributed by atoms with Crippen LogP contribution in [0.2, 0.25) is 0 Å². The molecule has 3 heterocycles. The summed E-state index contributed by atoms with van der Waals surface area (Å²) in [6.07, 6.45) is 3.86. The summed E-state index contributed by atoms with van der Waals surface area (Å²) >= 11 is 0. The van der Waals surface area contributed by atoms with E-state index < -0.39 is 5.97 Å². The number of nitrogens with one attached hydrogen (secondary N) is 1. The van der Waals surface area contributed by atoms with Crippen LogP contribution in [0.5, 0.6) is 0 Å². The number of esters is 1. The fourth-order valence-electron chi connectivity index (χ4n) is 2.49. The molecule has 0 saturated carbocycles. The Bertz CT molecular complexity index is 751. The Morgan fingerprint density at radius 1 is 1.45 bits per heavy atom. The topological polar surface area (TPSA) is 85.2 Å². The third kappa shape index (κ3) is 2.21. The van der Waals surface area contributed by atoms with Crippen molar-refractivity contribution >= 4 is 22.8 Å². The minimum Gasteiger partial charge on any atom is -0.462 e. The lowest BCUT2D eigenvalue weighted by molar-refractivity contribution is 0.0527. The normalized spacial score (nSPS) is 14.0. The van der Waals surface area contributed by atoms with Crippen molar-refractivity contribution in [3.63, 3.8) is 0 Å². The monoisotopic (exact) mass is 302 g/mol. The standard InChI is InChI=1S/C14H18N6O2/c1-4-19-12-10(14(21)22-5-2)9(3)16-13(11(12)17-18-19)20-8-6-7-15-20/h6,8,15H,4-5,7H2,1-3H3. The number of nitrogens with zero attached hydrogens (tertiary/aromatic N) is 5. The van der Waals surface area contributed by atoms with Gasteiger partial charge in [0.25, 0.3) is 0 Å². The summed E-state index contributed by atoms with van der Waals surface area (Å²) in [4.78, 5) is 16.8. The smallest absolute Gasteiger partial charge is 0.342 e. The molecule has 8 heteroatoms. The number of aryl methyl sites for hydroxylation is 2. The van der Waals surface area contributed by atoms with Gasteiger partial charge < -0.3 is 4.74 Å². The molecule has 22 heavy (non-hydrogen) atoms. The number of hydrazine groups is 1. The van der Waals surface area contributed by atoms with Crippen LogP contribution in [0.3, 0.4) is 0 Å². The minimum absolute atomic E-state index is 0.311. The van der Waals surface area contributed by atoms with E-state index in [1.165, 1.54) is 0 Å². The van der Waals surface area contributed by atoms with Gasteiger partial charge in [-0.3, -0.25) is 5.01 Å². The van der Waals surface area contributed by atoms with Gasteiger partial charge in [0.15, 0.2) is 11.3 Å². The molecule has 0 spiro atoms. The van der Waals surface area contributed by atoms with Gasteiger partial charge in [0.1, 0.15) is 11.1 Å². The average molecular weight is 302 g/mol. The van der Waals surface area contributed by atoms with Crippen LogP contribution in [-0.2, 0) is 11.3 Å². The zero-order valence-electron chi connectivity index (χ0n) is 12.8. The number of pyridine rings is 1. The van der Waals surface area contributed by atoms with Crippen LogP contribution < -0.4 is 10.4 Å². The summed E-state index contributed by atoms with van der Waals surface area (Å²) < 4.78 is 6.85. The minimum atomic E-state index is -0.397. The SMILES string of the molecule is CCOC(=O)c1c(C)nc(N2C=CCN2)c2nnn(CC)c12. The van der Waals surface area contributed by atoms with Crippen LogP contribution in [0, 0.1) is 6.92 Å². The predicted octanol–water partition coefficient (Wildman–Crippen LogP) is 1.17. The largest absolute Gasteiger partial charge is 0.462 e. The van der Waals surface area contributed by atoms with Gasteiger partial charge in [-0.15, -0.1) is 5.10 Å². The van der Waals surface area contributed by atoms with E-state index in [9.17, 15) is 4.79 Å². The van der Waals surface area contributed by atoms with Crippen LogP contribution >= 0.6 is 0 Å². The number of rotatable bonds is 4. The molecule has 0 bridgehead atoms. The van der Waals surface area contributed by atoms with Crippen molar-refractivity contribution in [3.8, 4) is 0 Å². The molecule has 0 amide bonds. The second-order valence-corrected chi connectivity index (χ2v) is 4.84. The number of hydrogen-bond acceptors (Lipinski definition) is 7. The quantitative estimate of drug-likeness (QED) is 0.848. The summed E-state index contributed by atoms with van der Waals surface area (Å²) in [6.45, 7) is 7.17. The molecule has 0 aliphatic carbocycles. The van der Waals surface area contributed by atoms with Gasteiger partial charge in [-0.2, -0.15) is 0 Å². The molecule has 0 unspecified atom stereocenters. The van der Waals surface area contributed by atoms with Crippen LogP contribution in [0.15, 0.2) is 12.3 Å². The highest BCUT2D eigenvalue weighted by atomic mass is 16.5. The van der Waals surface area contributed by atoms with Crippen molar-refractivity contribution in [2.45, 2.75) is 27.3 Å². The number of fused-ring (bicyclic) bond motifs is 1. The average Bonchev–Trinajstić information content (AvgIpc) is 3.16. The summed E-state index contributed by atoms with van der Waals surface area (Å²) in [5.41, 5.74) is 5.42. The zero-order chi connectivity index (χ0) is 15.7. The van der Waals surface area contributed by atoms with E-state index in [0.29, 0.717) is 41.3 Å². The van der Waals surface area contributed by atoms with Crippen molar-refractivity contribution in [1.29, 1.82) is 0 Å². The first kappa shape index (κ1) is 14.5. The van der Waals surface area contributed by atoms with Crippen molar-refractivity contribution in [2.24, 2.45) is 0 Å². The molecule has 1 aliphatic heterocycles. The maximum absolute atomic E-state index is 12.3. The second-order valence-electron chi connectivity index (χ2n) is 4.84. The molecular weight excluding hydrogens is 284 g/mol. The Labute approximate surface area is 127 Å². The number of anilines is 1. The third-order valence-corrected chi connectivity index (χ3v) is 3.46. The van der Waals surface area contributed by atoms with E-state index in [-0.39, 0.29) is 0 Å². The number of carbonyl (C=O) groups excluding carboxylic acids is 1. The van der Waals surface area contributed by atoms with E-state index in [0.717, 1.165) is 6.54 Å². The number of carbonyl (C=O) groups is 1. The first-order valence-electron chi connectivity index (χ1n) is 7.27. The molecule has 2 aromatic heterocycles. The summed E-state index contributed by atoms with van der Waals surface area (Å²) in [5.74, 6) is 0.236.